The van der Waals surface area contributed by atoms with Crippen LogP contribution >= 0.6 is 0 Å². The van der Waals surface area contributed by atoms with E-state index in [2.05, 4.69) is 0 Å². The molecule has 0 aliphatic heterocycles. The molecule has 5 heteroatoms. The Morgan fingerprint density at radius 1 is 1.46 bits per heavy atom. The number of nitrogens with zero attached hydrogens (tertiary/aromatic N) is 1. The van der Waals surface area contributed by atoms with Gasteiger partial charge in [0, 0.05) is 18.3 Å². The van der Waals surface area contributed by atoms with Crippen molar-refractivity contribution in [2.45, 2.75) is 0 Å². The fourth-order valence-electron chi connectivity index (χ4n) is 0.970. The average molecular weight is 200 g/mol. The molecule has 13 heavy (non-hydrogen) atoms. The fraction of sp³-hybridized carbons (Fsp3) is 0.250. The molecule has 1 aromatic carbocycles. The van der Waals surface area contributed by atoms with Crippen molar-refractivity contribution in [3.63, 3.8) is 0 Å². The van der Waals surface area contributed by atoms with Crippen LogP contribution in [0.5, 0.6) is 5.75 Å². The summed E-state index contributed by atoms with van der Waals surface area (Å²) in [5, 5.41) is 0. The summed E-state index contributed by atoms with van der Waals surface area (Å²) in [6.45, 7) is 0. The fourth-order valence-corrected chi connectivity index (χ4v) is 1.28. The molecule has 0 saturated carbocycles. The lowest BCUT2D eigenvalue weighted by molar-refractivity contribution is 0.415. The molecule has 0 saturated heterocycles. The first-order chi connectivity index (χ1) is 6.16. The molecule has 0 bridgehead atoms. The molecule has 0 aliphatic carbocycles. The summed E-state index contributed by atoms with van der Waals surface area (Å²) in [5.74, 6) is 0.536. The molecular weight excluding hydrogens is 190 g/mol. The maximum Gasteiger partial charge on any atom is 0.143 e. The van der Waals surface area contributed by atoms with Crippen molar-refractivity contribution < 1.29 is 13.5 Å². The summed E-state index contributed by atoms with van der Waals surface area (Å²) >= 11 is -2.27. The maximum atomic E-state index is 10.6. The van der Waals surface area contributed by atoms with Crippen molar-refractivity contribution in [3.05, 3.63) is 24.3 Å². The second kappa shape index (κ2) is 4.25. The van der Waals surface area contributed by atoms with Crippen LogP contribution in [0.1, 0.15) is 0 Å². The van der Waals surface area contributed by atoms with Gasteiger partial charge in [-0.05, 0) is 12.1 Å². The Bertz CT molecular complexity index is 316. The van der Waals surface area contributed by atoms with Gasteiger partial charge in [0.2, 0.25) is 0 Å². The molecule has 0 N–H and O–H groups in total. The third-order valence-corrected chi connectivity index (χ3v) is 2.29. The van der Waals surface area contributed by atoms with Crippen LogP contribution in [0, 0.1) is 0 Å². The molecule has 0 radical (unpaired) electrons. The van der Waals surface area contributed by atoms with Crippen molar-refractivity contribution in [2.75, 3.05) is 18.5 Å². The summed E-state index contributed by atoms with van der Waals surface area (Å²) in [4.78, 5) is 0. The number of para-hydroxylation sites is 2. The number of ether oxygens (including phenoxy) is 1. The van der Waals surface area contributed by atoms with Gasteiger partial charge in [0.05, 0.1) is 12.8 Å². The molecule has 1 rings (SSSR count). The molecule has 1 atom stereocenters. The SMILES string of the molecule is COc1ccccc1N(C)S(=O)[O-]. The molecule has 0 fully saturated rings. The van der Waals surface area contributed by atoms with E-state index >= 15 is 0 Å². The van der Waals surface area contributed by atoms with Crippen molar-refractivity contribution in [1.29, 1.82) is 0 Å². The number of hydrogen-bond acceptors (Lipinski definition) is 3. The van der Waals surface area contributed by atoms with Crippen molar-refractivity contribution in [2.24, 2.45) is 0 Å². The lowest BCUT2D eigenvalue weighted by Crippen LogP contribution is -2.19. The predicted octanol–water partition coefficient (Wildman–Crippen LogP) is 0.925. The molecule has 0 amide bonds. The van der Waals surface area contributed by atoms with Crippen LogP contribution in [0.4, 0.5) is 5.69 Å². The monoisotopic (exact) mass is 200 g/mol. The molecule has 72 valence electrons. The highest BCUT2D eigenvalue weighted by Gasteiger charge is 2.06. The highest BCUT2D eigenvalue weighted by Crippen LogP contribution is 2.26. The molecule has 1 unspecified atom stereocenters. The van der Waals surface area contributed by atoms with Gasteiger partial charge in [0.1, 0.15) is 5.75 Å². The molecular formula is C8H10NO3S-. The van der Waals surface area contributed by atoms with Gasteiger partial charge in [0.15, 0.2) is 0 Å². The van der Waals surface area contributed by atoms with Crippen LogP contribution in [0.25, 0.3) is 0 Å². The maximum absolute atomic E-state index is 10.6. The van der Waals surface area contributed by atoms with Gasteiger partial charge in [-0.15, -0.1) is 0 Å². The Labute approximate surface area is 79.5 Å². The average Bonchev–Trinajstić information content (AvgIpc) is 2.16. The minimum absolute atomic E-state index is 0.526. The molecule has 0 heterocycles. The van der Waals surface area contributed by atoms with Crippen LogP contribution in [0.3, 0.4) is 0 Å². The van der Waals surface area contributed by atoms with Gasteiger partial charge >= 0.3 is 0 Å². The van der Waals surface area contributed by atoms with Crippen LogP contribution < -0.4 is 9.04 Å². The number of hydrogen-bond donors (Lipinski definition) is 0. The summed E-state index contributed by atoms with van der Waals surface area (Å²) in [7, 11) is 2.96. The van der Waals surface area contributed by atoms with Gasteiger partial charge in [-0.25, -0.2) is 0 Å². The zero-order valence-electron chi connectivity index (χ0n) is 7.39. The Hall–Kier alpha value is -1.07. The van der Waals surface area contributed by atoms with E-state index in [1.54, 1.807) is 24.3 Å². The Morgan fingerprint density at radius 2 is 2.08 bits per heavy atom. The van der Waals surface area contributed by atoms with E-state index in [1.165, 1.54) is 14.2 Å². The molecule has 0 aromatic heterocycles. The molecule has 4 nitrogen and oxygen atoms in total. The first-order valence-electron chi connectivity index (χ1n) is 3.63. The minimum Gasteiger partial charge on any atom is -0.755 e. The third-order valence-electron chi connectivity index (χ3n) is 1.65. The molecule has 0 aliphatic rings. The molecule has 1 aromatic rings. The zero-order chi connectivity index (χ0) is 9.84. The number of methoxy groups -OCH3 is 1. The van der Waals surface area contributed by atoms with E-state index in [0.717, 1.165) is 4.31 Å². The number of anilines is 1. The van der Waals surface area contributed by atoms with E-state index in [-0.39, 0.29) is 0 Å². The van der Waals surface area contributed by atoms with E-state index in [4.69, 9.17) is 4.74 Å². The Balaban J connectivity index is 3.05. The second-order valence-electron chi connectivity index (χ2n) is 2.39. The largest absolute Gasteiger partial charge is 0.755 e. The zero-order valence-corrected chi connectivity index (χ0v) is 8.21. The van der Waals surface area contributed by atoms with E-state index in [9.17, 15) is 8.76 Å². The topological polar surface area (TPSA) is 52.6 Å². The Kier molecular flexibility index (Phi) is 3.27. The standard InChI is InChI=1S/C8H11NO3S/c1-9(13(10)11)7-5-3-4-6-8(7)12-2/h3-6H,1-2H3,(H,10,11)/p-1. The van der Waals surface area contributed by atoms with Crippen molar-refractivity contribution in [3.8, 4) is 5.75 Å². The summed E-state index contributed by atoms with van der Waals surface area (Å²) in [6.07, 6.45) is 0. The lowest BCUT2D eigenvalue weighted by atomic mass is 10.3. The van der Waals surface area contributed by atoms with E-state index in [1.807, 2.05) is 0 Å². The highest BCUT2D eigenvalue weighted by atomic mass is 32.2. The smallest absolute Gasteiger partial charge is 0.143 e. The second-order valence-corrected chi connectivity index (χ2v) is 3.37. The number of benzene rings is 1. The van der Waals surface area contributed by atoms with Gasteiger partial charge in [-0.2, -0.15) is 0 Å². The van der Waals surface area contributed by atoms with Crippen LogP contribution in [0.15, 0.2) is 24.3 Å². The third kappa shape index (κ3) is 2.19. The van der Waals surface area contributed by atoms with Crippen LogP contribution in [0.2, 0.25) is 0 Å². The summed E-state index contributed by atoms with van der Waals surface area (Å²) < 4.78 is 27.4. The summed E-state index contributed by atoms with van der Waals surface area (Å²) in [6, 6.07) is 6.92. The van der Waals surface area contributed by atoms with Gasteiger partial charge in [-0.1, -0.05) is 12.1 Å². The first-order valence-corrected chi connectivity index (χ1v) is 4.66. The van der Waals surface area contributed by atoms with E-state index in [0.29, 0.717) is 11.4 Å². The summed E-state index contributed by atoms with van der Waals surface area (Å²) in [5.41, 5.74) is 0.526. The van der Waals surface area contributed by atoms with Gasteiger partial charge in [0.25, 0.3) is 0 Å². The number of rotatable bonds is 3. The van der Waals surface area contributed by atoms with E-state index < -0.39 is 11.3 Å². The Morgan fingerprint density at radius 3 is 2.62 bits per heavy atom. The highest BCUT2D eigenvalue weighted by molar-refractivity contribution is 7.80. The van der Waals surface area contributed by atoms with Crippen LogP contribution in [-0.2, 0) is 11.3 Å². The first kappa shape index (κ1) is 10.0. The molecule has 0 spiro atoms. The minimum atomic E-state index is -2.27. The van der Waals surface area contributed by atoms with Crippen molar-refractivity contribution in [1.82, 2.24) is 0 Å². The van der Waals surface area contributed by atoms with Gasteiger partial charge in [-0.3, -0.25) is 4.21 Å². The lowest BCUT2D eigenvalue weighted by Gasteiger charge is -2.22. The quantitative estimate of drug-likeness (QED) is 0.682. The predicted molar refractivity (Wildman–Crippen MR) is 50.3 cm³/mol. The van der Waals surface area contributed by atoms with Crippen LogP contribution in [-0.4, -0.2) is 22.9 Å². The van der Waals surface area contributed by atoms with Gasteiger partial charge < -0.3 is 13.6 Å². The van der Waals surface area contributed by atoms with Crippen molar-refractivity contribution >= 4 is 17.0 Å². The normalized spacial score (nSPS) is 12.2.